The molecule has 0 bridgehead atoms. The number of amides is 1. The summed E-state index contributed by atoms with van der Waals surface area (Å²) in [6.45, 7) is 5.18. The molecule has 3 atom stereocenters. The predicted molar refractivity (Wildman–Crippen MR) is 57.3 cm³/mol. The number of Topliss-reactive ketones (excluding diaryl/α,β-unsaturated/α-hetero) is 1. The van der Waals surface area contributed by atoms with Crippen molar-refractivity contribution < 1.29 is 9.59 Å². The molecule has 3 unspecified atom stereocenters. The maximum Gasteiger partial charge on any atom is 0.290 e. The summed E-state index contributed by atoms with van der Waals surface area (Å²) in [6, 6.07) is 0.329. The summed E-state index contributed by atoms with van der Waals surface area (Å²) in [5.74, 6) is 1.00. The minimum absolute atomic E-state index is 0.193. The highest BCUT2D eigenvalue weighted by molar-refractivity contribution is 6.37. The summed E-state index contributed by atoms with van der Waals surface area (Å²) in [5.41, 5.74) is 0. The highest BCUT2D eigenvalue weighted by Crippen LogP contribution is 2.33. The lowest BCUT2D eigenvalue weighted by atomic mass is 9.78. The summed E-state index contributed by atoms with van der Waals surface area (Å²) < 4.78 is 0. The molecule has 84 valence electrons. The van der Waals surface area contributed by atoms with Crippen LogP contribution in [0.5, 0.6) is 0 Å². The molecule has 0 aromatic rings. The molecule has 0 spiro atoms. The van der Waals surface area contributed by atoms with Gasteiger partial charge in [0.05, 0.1) is 0 Å². The van der Waals surface area contributed by atoms with Gasteiger partial charge in [-0.05, 0) is 31.1 Å². The molecule has 2 fully saturated rings. The van der Waals surface area contributed by atoms with Gasteiger partial charge < -0.3 is 4.90 Å². The van der Waals surface area contributed by atoms with Crippen LogP contribution in [-0.4, -0.2) is 29.2 Å². The van der Waals surface area contributed by atoms with Gasteiger partial charge in [0.25, 0.3) is 5.91 Å². The zero-order valence-corrected chi connectivity index (χ0v) is 9.53. The van der Waals surface area contributed by atoms with Crippen molar-refractivity contribution in [1.82, 2.24) is 4.90 Å². The summed E-state index contributed by atoms with van der Waals surface area (Å²) in [5, 5.41) is 0. The van der Waals surface area contributed by atoms with E-state index in [1.54, 1.807) is 0 Å². The average molecular weight is 209 g/mol. The Morgan fingerprint density at radius 1 is 1.13 bits per heavy atom. The molecule has 2 aliphatic rings. The van der Waals surface area contributed by atoms with Gasteiger partial charge in [0.1, 0.15) is 0 Å². The lowest BCUT2D eigenvalue weighted by Gasteiger charge is -2.36. The first-order valence-electron chi connectivity index (χ1n) is 5.93. The summed E-state index contributed by atoms with van der Waals surface area (Å²) in [4.78, 5) is 24.6. The van der Waals surface area contributed by atoms with Crippen LogP contribution in [0.15, 0.2) is 0 Å². The van der Waals surface area contributed by atoms with Gasteiger partial charge in [-0.25, -0.2) is 0 Å². The van der Waals surface area contributed by atoms with E-state index in [-0.39, 0.29) is 11.7 Å². The summed E-state index contributed by atoms with van der Waals surface area (Å²) in [7, 11) is 0. The van der Waals surface area contributed by atoms with Crippen LogP contribution in [0.1, 0.15) is 39.5 Å². The van der Waals surface area contributed by atoms with Crippen LogP contribution in [0.25, 0.3) is 0 Å². The minimum atomic E-state index is -0.234. The van der Waals surface area contributed by atoms with E-state index in [2.05, 4.69) is 13.8 Å². The van der Waals surface area contributed by atoms with Crippen LogP contribution in [0.2, 0.25) is 0 Å². The second kappa shape index (κ2) is 3.95. The Morgan fingerprint density at radius 2 is 1.87 bits per heavy atom. The van der Waals surface area contributed by atoms with Crippen molar-refractivity contribution in [3.05, 3.63) is 0 Å². The number of nitrogens with zero attached hydrogens (tertiary/aromatic N) is 1. The molecule has 2 rings (SSSR count). The molecular formula is C12H19NO2. The summed E-state index contributed by atoms with van der Waals surface area (Å²) in [6.07, 6.45) is 3.76. The van der Waals surface area contributed by atoms with Crippen LogP contribution in [0.4, 0.5) is 0 Å². The van der Waals surface area contributed by atoms with Gasteiger partial charge in [-0.1, -0.05) is 13.8 Å². The van der Waals surface area contributed by atoms with Gasteiger partial charge in [0.2, 0.25) is 5.78 Å². The van der Waals surface area contributed by atoms with E-state index in [0.717, 1.165) is 18.8 Å². The zero-order valence-electron chi connectivity index (χ0n) is 9.53. The Labute approximate surface area is 90.8 Å². The normalized spacial score (nSPS) is 37.5. The van der Waals surface area contributed by atoms with E-state index in [1.807, 2.05) is 4.90 Å². The maximum atomic E-state index is 11.6. The molecule has 1 amide bonds. The monoisotopic (exact) mass is 209 g/mol. The fraction of sp³-hybridized carbons (Fsp3) is 0.833. The Morgan fingerprint density at radius 3 is 2.40 bits per heavy atom. The Kier molecular flexibility index (Phi) is 2.81. The third kappa shape index (κ3) is 1.92. The van der Waals surface area contributed by atoms with Gasteiger partial charge in [-0.3, -0.25) is 9.59 Å². The average Bonchev–Trinajstić information content (AvgIpc) is 2.53. The smallest absolute Gasteiger partial charge is 0.290 e. The zero-order chi connectivity index (χ0) is 11.0. The molecule has 3 heteroatoms. The van der Waals surface area contributed by atoms with Crippen LogP contribution in [-0.2, 0) is 9.59 Å². The topological polar surface area (TPSA) is 37.4 Å². The van der Waals surface area contributed by atoms with Crippen molar-refractivity contribution in [2.75, 3.05) is 6.54 Å². The van der Waals surface area contributed by atoms with E-state index in [9.17, 15) is 9.59 Å². The second-order valence-corrected chi connectivity index (χ2v) is 5.09. The molecule has 1 saturated carbocycles. The van der Waals surface area contributed by atoms with Crippen molar-refractivity contribution in [2.24, 2.45) is 11.8 Å². The van der Waals surface area contributed by atoms with Gasteiger partial charge in [0, 0.05) is 19.0 Å². The van der Waals surface area contributed by atoms with Crippen LogP contribution in [0.3, 0.4) is 0 Å². The van der Waals surface area contributed by atoms with E-state index in [4.69, 9.17) is 0 Å². The molecule has 0 aromatic heterocycles. The SMILES string of the molecule is CC1CCC(N2CCC(=O)C2=O)CC1C. The van der Waals surface area contributed by atoms with E-state index in [0.29, 0.717) is 24.9 Å². The molecule has 15 heavy (non-hydrogen) atoms. The first-order valence-corrected chi connectivity index (χ1v) is 5.93. The number of hydrogen-bond donors (Lipinski definition) is 0. The van der Waals surface area contributed by atoms with Crippen molar-refractivity contribution in [2.45, 2.75) is 45.6 Å². The molecule has 1 heterocycles. The molecule has 0 N–H and O–H groups in total. The molecule has 1 aliphatic heterocycles. The minimum Gasteiger partial charge on any atom is -0.333 e. The summed E-state index contributed by atoms with van der Waals surface area (Å²) >= 11 is 0. The number of rotatable bonds is 1. The van der Waals surface area contributed by atoms with E-state index >= 15 is 0 Å². The van der Waals surface area contributed by atoms with Crippen LogP contribution < -0.4 is 0 Å². The molecule has 0 radical (unpaired) electrons. The number of carbonyl (C=O) groups is 2. The van der Waals surface area contributed by atoms with Crippen molar-refractivity contribution in [3.8, 4) is 0 Å². The van der Waals surface area contributed by atoms with Gasteiger partial charge >= 0.3 is 0 Å². The Bertz CT molecular complexity index is 287. The Balaban J connectivity index is 2.00. The van der Waals surface area contributed by atoms with Crippen molar-refractivity contribution in [3.63, 3.8) is 0 Å². The third-order valence-electron chi connectivity index (χ3n) is 4.09. The van der Waals surface area contributed by atoms with Crippen LogP contribution >= 0.6 is 0 Å². The molecule has 0 aromatic carbocycles. The number of hydrogen-bond acceptors (Lipinski definition) is 2. The highest BCUT2D eigenvalue weighted by atomic mass is 16.2. The van der Waals surface area contributed by atoms with Gasteiger partial charge in [0.15, 0.2) is 0 Å². The fourth-order valence-corrected chi connectivity index (χ4v) is 2.74. The predicted octanol–water partition coefficient (Wildman–Crippen LogP) is 1.61. The number of ketones is 1. The first-order chi connectivity index (χ1) is 7.09. The standard InChI is InChI=1S/C12H19NO2/c1-8-3-4-10(7-9(8)2)13-6-5-11(14)12(13)15/h8-10H,3-7H2,1-2H3. The van der Waals surface area contributed by atoms with Crippen LogP contribution in [0, 0.1) is 11.8 Å². The largest absolute Gasteiger partial charge is 0.333 e. The number of likely N-dealkylation sites (tertiary alicyclic amines) is 1. The maximum absolute atomic E-state index is 11.6. The van der Waals surface area contributed by atoms with Gasteiger partial charge in [-0.2, -0.15) is 0 Å². The molecular weight excluding hydrogens is 190 g/mol. The number of carbonyl (C=O) groups excluding carboxylic acids is 2. The Hall–Kier alpha value is -0.860. The quantitative estimate of drug-likeness (QED) is 0.615. The lowest BCUT2D eigenvalue weighted by molar-refractivity contribution is -0.141. The van der Waals surface area contributed by atoms with Crippen molar-refractivity contribution in [1.29, 1.82) is 0 Å². The third-order valence-corrected chi connectivity index (χ3v) is 4.09. The molecule has 1 saturated heterocycles. The fourth-order valence-electron chi connectivity index (χ4n) is 2.74. The van der Waals surface area contributed by atoms with E-state index < -0.39 is 0 Å². The van der Waals surface area contributed by atoms with Crippen molar-refractivity contribution >= 4 is 11.7 Å². The molecule has 3 nitrogen and oxygen atoms in total. The first kappa shape index (κ1) is 10.7. The lowest BCUT2D eigenvalue weighted by Crippen LogP contribution is -2.41. The highest BCUT2D eigenvalue weighted by Gasteiger charge is 2.37. The van der Waals surface area contributed by atoms with Gasteiger partial charge in [-0.15, -0.1) is 0 Å². The second-order valence-electron chi connectivity index (χ2n) is 5.09. The molecule has 1 aliphatic carbocycles. The van der Waals surface area contributed by atoms with E-state index in [1.165, 1.54) is 6.42 Å².